The zero-order valence-corrected chi connectivity index (χ0v) is 28.8. The fourth-order valence-corrected chi connectivity index (χ4v) is 7.99. The zero-order chi connectivity index (χ0) is 32.6. The summed E-state index contributed by atoms with van der Waals surface area (Å²) in [6.45, 7) is 21.4. The van der Waals surface area contributed by atoms with Gasteiger partial charge < -0.3 is 19.7 Å². The molecule has 2 aliphatic carbocycles. The minimum atomic E-state index is -0.294. The van der Waals surface area contributed by atoms with Crippen molar-refractivity contribution in [3.63, 3.8) is 0 Å². The number of epoxide rings is 2. The molecule has 2 heterocycles. The molecular weight excluding hydrogens is 544 g/mol. The predicted octanol–water partition coefficient (Wildman–Crippen LogP) is 8.97. The highest BCUT2D eigenvalue weighted by atomic mass is 16.6. The van der Waals surface area contributed by atoms with Crippen molar-refractivity contribution in [3.05, 3.63) is 107 Å². The third-order valence-corrected chi connectivity index (χ3v) is 10.4. The van der Waals surface area contributed by atoms with Crippen LogP contribution in [0.5, 0.6) is 0 Å². The number of hydrogen-bond acceptors (Lipinski definition) is 4. The second-order valence-corrected chi connectivity index (χ2v) is 15.4. The van der Waals surface area contributed by atoms with Crippen molar-refractivity contribution in [2.45, 2.75) is 130 Å². The van der Waals surface area contributed by atoms with Crippen LogP contribution in [0.2, 0.25) is 0 Å². The Kier molecular flexibility index (Phi) is 9.66. The van der Waals surface area contributed by atoms with E-state index in [1.807, 2.05) is 0 Å². The molecule has 0 aromatic rings. The molecule has 2 saturated carbocycles. The van der Waals surface area contributed by atoms with Gasteiger partial charge in [0.1, 0.15) is 22.4 Å². The summed E-state index contributed by atoms with van der Waals surface area (Å²) >= 11 is 0. The van der Waals surface area contributed by atoms with Crippen LogP contribution in [-0.2, 0) is 9.47 Å². The van der Waals surface area contributed by atoms with Crippen molar-refractivity contribution < 1.29 is 19.7 Å². The second-order valence-electron chi connectivity index (χ2n) is 15.4. The summed E-state index contributed by atoms with van der Waals surface area (Å²) in [6, 6.07) is 0. The highest BCUT2D eigenvalue weighted by molar-refractivity contribution is 5.38. The molecule has 2 aliphatic heterocycles. The molecule has 6 atom stereocenters. The van der Waals surface area contributed by atoms with Crippen molar-refractivity contribution in [2.75, 3.05) is 0 Å². The largest absolute Gasteiger partial charge is 0.393 e. The molecule has 0 aromatic heterocycles. The van der Waals surface area contributed by atoms with Gasteiger partial charge in [0.05, 0.1) is 12.2 Å². The van der Waals surface area contributed by atoms with E-state index in [0.29, 0.717) is 12.8 Å². The highest BCUT2D eigenvalue weighted by Gasteiger charge is 2.75. The fraction of sp³-hybridized carbons (Fsp3) is 0.550. The van der Waals surface area contributed by atoms with Crippen molar-refractivity contribution in [3.8, 4) is 0 Å². The van der Waals surface area contributed by atoms with E-state index >= 15 is 0 Å². The summed E-state index contributed by atoms with van der Waals surface area (Å²) in [5.74, 6) is 0. The minimum Gasteiger partial charge on any atom is -0.393 e. The van der Waals surface area contributed by atoms with Crippen LogP contribution in [0.1, 0.15) is 94.9 Å². The van der Waals surface area contributed by atoms with Crippen LogP contribution >= 0.6 is 0 Å². The third kappa shape index (κ3) is 6.84. The Labute approximate surface area is 267 Å². The summed E-state index contributed by atoms with van der Waals surface area (Å²) in [4.78, 5) is 0. The molecule has 4 heteroatoms. The normalized spacial score (nSPS) is 39.2. The molecule has 0 amide bonds. The summed E-state index contributed by atoms with van der Waals surface area (Å²) < 4.78 is 12.5. The SMILES string of the molecule is CC(=C/C=C/C(C)=C/C=C/C=C(C)/C=C/C=C(C)\C=C\[C@@]12O[C@]1(C)C[C@@H](O)CC2(C)C)/C=C/[C@@]12O[C@]1(C)C[C@@H](O)CC2(C)C. The van der Waals surface area contributed by atoms with Gasteiger partial charge >= 0.3 is 0 Å². The lowest BCUT2D eigenvalue weighted by Crippen LogP contribution is -2.46. The number of rotatable bonds is 10. The van der Waals surface area contributed by atoms with Gasteiger partial charge in [-0.2, -0.15) is 0 Å². The molecule has 2 saturated heterocycles. The summed E-state index contributed by atoms with van der Waals surface area (Å²) in [7, 11) is 0. The Bertz CT molecular complexity index is 1270. The summed E-state index contributed by atoms with van der Waals surface area (Å²) in [5, 5.41) is 20.5. The Morgan fingerprint density at radius 3 is 1.16 bits per heavy atom. The lowest BCUT2D eigenvalue weighted by Gasteiger charge is -2.39. The quantitative estimate of drug-likeness (QED) is 0.194. The molecule has 0 aromatic carbocycles. The Balaban J connectivity index is 1.25. The number of fused-ring (bicyclic) bond motifs is 2. The van der Waals surface area contributed by atoms with E-state index in [4.69, 9.17) is 9.47 Å². The molecule has 4 aliphatic rings. The predicted molar refractivity (Wildman–Crippen MR) is 183 cm³/mol. The van der Waals surface area contributed by atoms with E-state index in [9.17, 15) is 10.2 Å². The van der Waals surface area contributed by atoms with Gasteiger partial charge in [0.2, 0.25) is 0 Å². The van der Waals surface area contributed by atoms with Gasteiger partial charge in [0.15, 0.2) is 0 Å². The van der Waals surface area contributed by atoms with E-state index < -0.39 is 0 Å². The van der Waals surface area contributed by atoms with Crippen molar-refractivity contribution >= 4 is 0 Å². The first-order valence-electron chi connectivity index (χ1n) is 16.3. The van der Waals surface area contributed by atoms with Gasteiger partial charge in [-0.05, 0) is 66.5 Å². The maximum atomic E-state index is 10.3. The molecule has 0 bridgehead atoms. The smallest absolute Gasteiger partial charge is 0.121 e. The monoisotopic (exact) mass is 600 g/mol. The van der Waals surface area contributed by atoms with E-state index in [0.717, 1.165) is 12.8 Å². The van der Waals surface area contributed by atoms with E-state index in [2.05, 4.69) is 154 Å². The van der Waals surface area contributed by atoms with Gasteiger partial charge in [-0.25, -0.2) is 0 Å². The Morgan fingerprint density at radius 2 is 0.818 bits per heavy atom. The lowest BCUT2D eigenvalue weighted by molar-refractivity contribution is 0.0510. The van der Waals surface area contributed by atoms with Gasteiger partial charge in [-0.1, -0.05) is 123 Å². The average Bonchev–Trinajstić information content (AvgIpc) is 3.73. The summed E-state index contributed by atoms with van der Waals surface area (Å²) in [5.41, 5.74) is 3.36. The highest BCUT2D eigenvalue weighted by Crippen LogP contribution is 2.67. The van der Waals surface area contributed by atoms with Gasteiger partial charge in [0, 0.05) is 23.7 Å². The molecule has 2 N–H and O–H groups in total. The third-order valence-electron chi connectivity index (χ3n) is 10.4. The summed E-state index contributed by atoms with van der Waals surface area (Å²) in [6.07, 6.45) is 32.0. The minimum absolute atomic E-state index is 0.0969. The number of aliphatic hydroxyl groups is 2. The first kappa shape index (κ1) is 34.4. The maximum absolute atomic E-state index is 10.3. The molecule has 44 heavy (non-hydrogen) atoms. The van der Waals surface area contributed by atoms with Crippen LogP contribution in [0, 0.1) is 10.8 Å². The molecule has 0 radical (unpaired) electrons. The van der Waals surface area contributed by atoms with E-state index in [-0.39, 0.29) is 45.4 Å². The van der Waals surface area contributed by atoms with Gasteiger partial charge in [-0.3, -0.25) is 0 Å². The van der Waals surface area contributed by atoms with Crippen LogP contribution in [0.4, 0.5) is 0 Å². The molecule has 4 fully saturated rings. The average molecular weight is 601 g/mol. The first-order valence-corrected chi connectivity index (χ1v) is 16.3. The number of allylic oxidation sites excluding steroid dienone is 16. The molecule has 4 rings (SSSR count). The van der Waals surface area contributed by atoms with Gasteiger partial charge in [0.25, 0.3) is 0 Å². The lowest BCUT2D eigenvalue weighted by atomic mass is 9.63. The van der Waals surface area contributed by atoms with E-state index in [1.54, 1.807) is 0 Å². The first-order chi connectivity index (χ1) is 20.4. The molecule has 4 nitrogen and oxygen atoms in total. The zero-order valence-electron chi connectivity index (χ0n) is 28.8. The molecule has 240 valence electrons. The molecule has 0 unspecified atom stereocenters. The van der Waals surface area contributed by atoms with Crippen LogP contribution in [0.15, 0.2) is 107 Å². The van der Waals surface area contributed by atoms with Crippen molar-refractivity contribution in [1.82, 2.24) is 0 Å². The maximum Gasteiger partial charge on any atom is 0.121 e. The van der Waals surface area contributed by atoms with Crippen LogP contribution in [0.25, 0.3) is 0 Å². The number of ether oxygens (including phenoxy) is 2. The standard InChI is InChI=1S/C40H56O4/c1-29(17-13-19-31(3)21-23-39-35(5,6)25-33(41)27-37(39,9)43-39)15-11-12-16-30(2)18-14-20-32(4)22-24-40-36(7,8)26-34(42)28-38(40,10)44-40/h11-24,33-34,41-42H,25-28H2,1-10H3/b12-11+,17-13+,18-14+,23-21+,24-22+,29-15+,30-16+,31-19-,32-20-/t33-,34-,37+,38+,39-,40-/m0/s1. The number of aliphatic hydroxyl groups excluding tert-OH is 2. The van der Waals surface area contributed by atoms with Crippen LogP contribution in [-0.4, -0.2) is 44.8 Å². The van der Waals surface area contributed by atoms with Crippen molar-refractivity contribution in [2.24, 2.45) is 10.8 Å². The van der Waals surface area contributed by atoms with Crippen molar-refractivity contribution in [1.29, 1.82) is 0 Å². The van der Waals surface area contributed by atoms with Crippen LogP contribution < -0.4 is 0 Å². The Morgan fingerprint density at radius 1 is 0.500 bits per heavy atom. The topological polar surface area (TPSA) is 65.5 Å². The van der Waals surface area contributed by atoms with Crippen LogP contribution in [0.3, 0.4) is 0 Å². The fourth-order valence-electron chi connectivity index (χ4n) is 7.99. The Hall–Kier alpha value is -2.50. The van der Waals surface area contributed by atoms with E-state index in [1.165, 1.54) is 22.3 Å². The molecule has 0 spiro atoms. The molecular formula is C40H56O4. The second kappa shape index (κ2) is 12.4. The number of hydrogen-bond donors (Lipinski definition) is 2. The van der Waals surface area contributed by atoms with Gasteiger partial charge in [-0.15, -0.1) is 0 Å².